The molecule has 0 aromatic rings. The molecule has 0 saturated heterocycles. The fraction of sp³-hybridized carbons (Fsp3) is 0.862. The quantitative estimate of drug-likeness (QED) is 0.122. The standard InChI is InChI=1S/C29H56O/c1-3-5-7-9-11-12-13-14-15-16-17-18-19-20-22-24-26-28-29(30)27-25-23-21-10-8-6-4-2/h11-12,14-15,29-30H,3-10,13,16-28H2,1-2H3/b12-11-,15-14-. The van der Waals surface area contributed by atoms with E-state index in [9.17, 15) is 5.11 Å². The van der Waals surface area contributed by atoms with Gasteiger partial charge < -0.3 is 5.11 Å². The van der Waals surface area contributed by atoms with E-state index in [0.29, 0.717) is 0 Å². The smallest absolute Gasteiger partial charge is 0.0540 e. The van der Waals surface area contributed by atoms with Gasteiger partial charge in [-0.1, -0.05) is 134 Å². The van der Waals surface area contributed by atoms with Gasteiger partial charge >= 0.3 is 0 Å². The number of hydrogen-bond donors (Lipinski definition) is 1. The second kappa shape index (κ2) is 26.5. The second-order valence-electron chi connectivity index (χ2n) is 9.29. The lowest BCUT2D eigenvalue weighted by Crippen LogP contribution is -2.05. The minimum atomic E-state index is -0.0429. The van der Waals surface area contributed by atoms with E-state index in [4.69, 9.17) is 0 Å². The van der Waals surface area contributed by atoms with Gasteiger partial charge in [0.2, 0.25) is 0 Å². The summed E-state index contributed by atoms with van der Waals surface area (Å²) < 4.78 is 0. The molecular weight excluding hydrogens is 364 g/mol. The van der Waals surface area contributed by atoms with Gasteiger partial charge in [0.25, 0.3) is 0 Å². The SMILES string of the molecule is CCCCC/C=C\C/C=C\CCCCCCCCCC(O)CCCCCCCCC. The zero-order chi connectivity index (χ0) is 22.0. The fourth-order valence-electron chi connectivity index (χ4n) is 4.03. The summed E-state index contributed by atoms with van der Waals surface area (Å²) in [5.41, 5.74) is 0. The molecule has 178 valence electrons. The van der Waals surface area contributed by atoms with Gasteiger partial charge in [0, 0.05) is 0 Å². The molecule has 0 aromatic heterocycles. The zero-order valence-electron chi connectivity index (χ0n) is 20.9. The lowest BCUT2D eigenvalue weighted by atomic mass is 10.0. The third kappa shape index (κ3) is 25.5. The van der Waals surface area contributed by atoms with Gasteiger partial charge in [-0.05, 0) is 44.9 Å². The van der Waals surface area contributed by atoms with E-state index in [-0.39, 0.29) is 6.10 Å². The van der Waals surface area contributed by atoms with Crippen molar-refractivity contribution in [1.82, 2.24) is 0 Å². The van der Waals surface area contributed by atoms with E-state index in [1.807, 2.05) is 0 Å². The molecular formula is C29H56O. The molecule has 1 nitrogen and oxygen atoms in total. The molecule has 0 aliphatic carbocycles. The number of aliphatic hydroxyl groups excluding tert-OH is 1. The summed E-state index contributed by atoms with van der Waals surface area (Å²) in [5, 5.41) is 10.1. The summed E-state index contributed by atoms with van der Waals surface area (Å²) in [4.78, 5) is 0. The number of hydrogen-bond acceptors (Lipinski definition) is 1. The summed E-state index contributed by atoms with van der Waals surface area (Å²) in [6.07, 6.45) is 37.7. The summed E-state index contributed by atoms with van der Waals surface area (Å²) in [6, 6.07) is 0. The Balaban J connectivity index is 3.22. The molecule has 0 aliphatic rings. The van der Waals surface area contributed by atoms with E-state index in [2.05, 4.69) is 38.2 Å². The van der Waals surface area contributed by atoms with E-state index in [1.54, 1.807) is 0 Å². The van der Waals surface area contributed by atoms with E-state index in [1.165, 1.54) is 122 Å². The maximum Gasteiger partial charge on any atom is 0.0540 e. The van der Waals surface area contributed by atoms with Crippen LogP contribution in [0.25, 0.3) is 0 Å². The maximum atomic E-state index is 10.1. The average molecular weight is 421 g/mol. The lowest BCUT2D eigenvalue weighted by molar-refractivity contribution is 0.147. The molecule has 1 atom stereocenters. The van der Waals surface area contributed by atoms with Crippen LogP contribution in [0.3, 0.4) is 0 Å². The summed E-state index contributed by atoms with van der Waals surface area (Å²) in [7, 11) is 0. The van der Waals surface area contributed by atoms with E-state index >= 15 is 0 Å². The molecule has 0 heterocycles. The molecule has 0 amide bonds. The van der Waals surface area contributed by atoms with Crippen LogP contribution >= 0.6 is 0 Å². The average Bonchev–Trinajstić information content (AvgIpc) is 2.75. The number of unbranched alkanes of at least 4 members (excludes halogenated alkanes) is 16. The van der Waals surface area contributed by atoms with Crippen molar-refractivity contribution in [2.45, 2.75) is 161 Å². The van der Waals surface area contributed by atoms with Gasteiger partial charge in [-0.15, -0.1) is 0 Å². The fourth-order valence-corrected chi connectivity index (χ4v) is 4.03. The van der Waals surface area contributed by atoms with Gasteiger partial charge in [-0.2, -0.15) is 0 Å². The largest absolute Gasteiger partial charge is 0.393 e. The second-order valence-corrected chi connectivity index (χ2v) is 9.29. The molecule has 0 rings (SSSR count). The molecule has 30 heavy (non-hydrogen) atoms. The molecule has 0 saturated carbocycles. The predicted molar refractivity (Wildman–Crippen MR) is 137 cm³/mol. The summed E-state index contributed by atoms with van der Waals surface area (Å²) in [6.45, 7) is 4.53. The monoisotopic (exact) mass is 420 g/mol. The first kappa shape index (κ1) is 29.4. The van der Waals surface area contributed by atoms with Crippen LogP contribution in [0.15, 0.2) is 24.3 Å². The Morgan fingerprint density at radius 1 is 0.467 bits per heavy atom. The van der Waals surface area contributed by atoms with Crippen LogP contribution in [0, 0.1) is 0 Å². The Morgan fingerprint density at radius 2 is 0.833 bits per heavy atom. The molecule has 0 aromatic carbocycles. The maximum absolute atomic E-state index is 10.1. The van der Waals surface area contributed by atoms with Gasteiger partial charge in [-0.25, -0.2) is 0 Å². The third-order valence-corrected chi connectivity index (χ3v) is 6.13. The van der Waals surface area contributed by atoms with Crippen molar-refractivity contribution < 1.29 is 5.11 Å². The molecule has 1 N–H and O–H groups in total. The molecule has 0 spiro atoms. The molecule has 0 radical (unpaired) electrons. The van der Waals surface area contributed by atoms with Crippen molar-refractivity contribution >= 4 is 0 Å². The highest BCUT2D eigenvalue weighted by Gasteiger charge is 2.03. The van der Waals surface area contributed by atoms with Crippen LogP contribution < -0.4 is 0 Å². The topological polar surface area (TPSA) is 20.2 Å². The molecule has 0 fully saturated rings. The lowest BCUT2D eigenvalue weighted by Gasteiger charge is -2.10. The summed E-state index contributed by atoms with van der Waals surface area (Å²) >= 11 is 0. The highest BCUT2D eigenvalue weighted by atomic mass is 16.3. The van der Waals surface area contributed by atoms with Crippen LogP contribution in [-0.4, -0.2) is 11.2 Å². The highest BCUT2D eigenvalue weighted by Crippen LogP contribution is 2.15. The van der Waals surface area contributed by atoms with Crippen molar-refractivity contribution in [3.63, 3.8) is 0 Å². The van der Waals surface area contributed by atoms with Crippen molar-refractivity contribution in [1.29, 1.82) is 0 Å². The minimum absolute atomic E-state index is 0.0429. The minimum Gasteiger partial charge on any atom is -0.393 e. The first-order valence-corrected chi connectivity index (χ1v) is 13.8. The van der Waals surface area contributed by atoms with Crippen LogP contribution in [-0.2, 0) is 0 Å². The zero-order valence-corrected chi connectivity index (χ0v) is 20.9. The predicted octanol–water partition coefficient (Wildman–Crippen LogP) is 10.1. The first-order valence-electron chi connectivity index (χ1n) is 13.8. The number of allylic oxidation sites excluding steroid dienone is 4. The van der Waals surface area contributed by atoms with Crippen molar-refractivity contribution in [3.8, 4) is 0 Å². The Bertz CT molecular complexity index is 357. The number of aliphatic hydroxyl groups is 1. The van der Waals surface area contributed by atoms with Crippen molar-refractivity contribution in [2.24, 2.45) is 0 Å². The summed E-state index contributed by atoms with van der Waals surface area (Å²) in [5.74, 6) is 0. The Morgan fingerprint density at radius 3 is 1.33 bits per heavy atom. The highest BCUT2D eigenvalue weighted by molar-refractivity contribution is 4.92. The normalized spacial score (nSPS) is 13.0. The van der Waals surface area contributed by atoms with Gasteiger partial charge in [-0.3, -0.25) is 0 Å². The Hall–Kier alpha value is -0.560. The van der Waals surface area contributed by atoms with E-state index < -0.39 is 0 Å². The van der Waals surface area contributed by atoms with Crippen molar-refractivity contribution in [2.75, 3.05) is 0 Å². The molecule has 0 aliphatic heterocycles. The van der Waals surface area contributed by atoms with E-state index in [0.717, 1.165) is 19.3 Å². The van der Waals surface area contributed by atoms with Crippen LogP contribution in [0.2, 0.25) is 0 Å². The van der Waals surface area contributed by atoms with Gasteiger partial charge in [0.05, 0.1) is 6.10 Å². The Kier molecular flexibility index (Phi) is 26.0. The van der Waals surface area contributed by atoms with Crippen LogP contribution in [0.4, 0.5) is 0 Å². The third-order valence-electron chi connectivity index (χ3n) is 6.13. The van der Waals surface area contributed by atoms with Crippen LogP contribution in [0.5, 0.6) is 0 Å². The first-order chi connectivity index (χ1) is 14.8. The number of rotatable bonds is 24. The van der Waals surface area contributed by atoms with Crippen molar-refractivity contribution in [3.05, 3.63) is 24.3 Å². The van der Waals surface area contributed by atoms with Gasteiger partial charge in [0.15, 0.2) is 0 Å². The molecule has 1 unspecified atom stereocenters. The van der Waals surface area contributed by atoms with Gasteiger partial charge in [0.1, 0.15) is 0 Å². The Labute approximate surface area is 190 Å². The molecule has 0 bridgehead atoms. The molecule has 1 heteroatoms. The van der Waals surface area contributed by atoms with Crippen LogP contribution in [0.1, 0.15) is 155 Å².